The summed E-state index contributed by atoms with van der Waals surface area (Å²) in [4.78, 5) is 12.5. The van der Waals surface area contributed by atoms with Crippen LogP contribution in [0.15, 0.2) is 6.20 Å². The van der Waals surface area contributed by atoms with Crippen molar-refractivity contribution in [3.05, 3.63) is 16.9 Å². The van der Waals surface area contributed by atoms with Crippen molar-refractivity contribution in [2.24, 2.45) is 23.2 Å². The van der Waals surface area contributed by atoms with E-state index in [2.05, 4.69) is 10.4 Å². The number of carbonyl (C=O) groups is 1. The molecule has 4 nitrogen and oxygen atoms in total. The third-order valence-electron chi connectivity index (χ3n) is 6.26. The third kappa shape index (κ3) is 3.02. The van der Waals surface area contributed by atoms with Crippen molar-refractivity contribution in [1.82, 2.24) is 15.1 Å². The summed E-state index contributed by atoms with van der Waals surface area (Å²) in [6, 6.07) is 0. The predicted molar refractivity (Wildman–Crippen MR) is 90.0 cm³/mol. The molecule has 23 heavy (non-hydrogen) atoms. The third-order valence-corrected chi connectivity index (χ3v) is 6.58. The molecular formula is C18H26ClN3O. The van der Waals surface area contributed by atoms with Gasteiger partial charge in [0.2, 0.25) is 5.91 Å². The quantitative estimate of drug-likeness (QED) is 0.890. The monoisotopic (exact) mass is 335 g/mol. The molecule has 5 rings (SSSR count). The summed E-state index contributed by atoms with van der Waals surface area (Å²) < 4.78 is 1.81. The second kappa shape index (κ2) is 5.80. The average Bonchev–Trinajstić information content (AvgIpc) is 2.83. The smallest absolute Gasteiger partial charge is 0.220 e. The van der Waals surface area contributed by atoms with E-state index in [0.717, 1.165) is 30.0 Å². The zero-order valence-corrected chi connectivity index (χ0v) is 14.6. The highest BCUT2D eigenvalue weighted by Crippen LogP contribution is 2.61. The van der Waals surface area contributed by atoms with E-state index in [4.69, 9.17) is 11.6 Å². The first kappa shape index (κ1) is 15.5. The van der Waals surface area contributed by atoms with Crippen molar-refractivity contribution < 1.29 is 4.79 Å². The number of aryl methyl sites for hydroxylation is 1. The molecule has 126 valence electrons. The lowest BCUT2D eigenvalue weighted by Crippen LogP contribution is -2.47. The summed E-state index contributed by atoms with van der Waals surface area (Å²) in [6.07, 6.45) is 10.6. The Hall–Kier alpha value is -1.03. The number of halogens is 1. The maximum absolute atomic E-state index is 12.5. The van der Waals surface area contributed by atoms with E-state index in [1.54, 1.807) is 0 Å². The van der Waals surface area contributed by atoms with E-state index in [1.807, 2.05) is 17.8 Å². The molecule has 1 heterocycles. The SMILES string of the molecule is CCn1cc(Cl)c(CNC(=O)CC23CC4CC(CC(C4)C2)C3)n1. The minimum absolute atomic E-state index is 0.175. The number of nitrogens with zero attached hydrogens (tertiary/aromatic N) is 2. The van der Waals surface area contributed by atoms with Crippen LogP contribution < -0.4 is 5.32 Å². The summed E-state index contributed by atoms with van der Waals surface area (Å²) in [6.45, 7) is 3.26. The fourth-order valence-electron chi connectivity index (χ4n) is 5.81. The van der Waals surface area contributed by atoms with Gasteiger partial charge in [-0.25, -0.2) is 0 Å². The van der Waals surface area contributed by atoms with Gasteiger partial charge in [-0.05, 0) is 68.6 Å². The minimum Gasteiger partial charge on any atom is -0.350 e. The van der Waals surface area contributed by atoms with Crippen LogP contribution in [0.4, 0.5) is 0 Å². The van der Waals surface area contributed by atoms with Crippen LogP contribution in [0.25, 0.3) is 0 Å². The molecule has 5 heteroatoms. The fourth-order valence-corrected chi connectivity index (χ4v) is 6.03. The topological polar surface area (TPSA) is 46.9 Å². The lowest BCUT2D eigenvalue weighted by Gasteiger charge is -2.56. The lowest BCUT2D eigenvalue weighted by molar-refractivity contribution is -0.129. The highest BCUT2D eigenvalue weighted by atomic mass is 35.5. The second-order valence-electron chi connectivity index (χ2n) is 8.15. The van der Waals surface area contributed by atoms with Crippen LogP contribution in [0, 0.1) is 23.2 Å². The predicted octanol–water partition coefficient (Wildman–Crippen LogP) is 3.78. The summed E-state index contributed by atoms with van der Waals surface area (Å²) in [7, 11) is 0. The normalized spacial score (nSPS) is 34.8. The molecule has 1 aromatic rings. The van der Waals surface area contributed by atoms with E-state index in [9.17, 15) is 4.79 Å². The van der Waals surface area contributed by atoms with Gasteiger partial charge in [-0.15, -0.1) is 0 Å². The van der Waals surface area contributed by atoms with Gasteiger partial charge in [0, 0.05) is 19.2 Å². The van der Waals surface area contributed by atoms with Gasteiger partial charge in [-0.3, -0.25) is 9.48 Å². The van der Waals surface area contributed by atoms with Gasteiger partial charge in [-0.2, -0.15) is 5.10 Å². The first-order valence-corrected chi connectivity index (χ1v) is 9.41. The maximum Gasteiger partial charge on any atom is 0.220 e. The van der Waals surface area contributed by atoms with Gasteiger partial charge < -0.3 is 5.32 Å². The summed E-state index contributed by atoms with van der Waals surface area (Å²) in [5.41, 5.74) is 1.07. The van der Waals surface area contributed by atoms with E-state index in [-0.39, 0.29) is 5.91 Å². The molecular weight excluding hydrogens is 310 g/mol. The zero-order valence-electron chi connectivity index (χ0n) is 13.9. The molecule has 0 aliphatic heterocycles. The number of aromatic nitrogens is 2. The average molecular weight is 336 g/mol. The van der Waals surface area contributed by atoms with Crippen molar-refractivity contribution >= 4 is 17.5 Å². The van der Waals surface area contributed by atoms with Gasteiger partial charge >= 0.3 is 0 Å². The minimum atomic E-state index is 0.175. The van der Waals surface area contributed by atoms with Crippen molar-refractivity contribution in [2.45, 2.75) is 65.0 Å². The Morgan fingerprint density at radius 1 is 1.30 bits per heavy atom. The fraction of sp³-hybridized carbons (Fsp3) is 0.778. The van der Waals surface area contributed by atoms with Crippen LogP contribution >= 0.6 is 11.6 Å². The Labute approximate surface area is 143 Å². The Morgan fingerprint density at radius 3 is 2.43 bits per heavy atom. The van der Waals surface area contributed by atoms with Crippen LogP contribution in [0.2, 0.25) is 5.02 Å². The van der Waals surface area contributed by atoms with Gasteiger partial charge in [0.05, 0.1) is 11.6 Å². The van der Waals surface area contributed by atoms with E-state index in [0.29, 0.717) is 23.4 Å². The van der Waals surface area contributed by atoms with Crippen molar-refractivity contribution in [1.29, 1.82) is 0 Å². The number of nitrogens with one attached hydrogen (secondary N) is 1. The highest BCUT2D eigenvalue weighted by molar-refractivity contribution is 6.31. The first-order chi connectivity index (χ1) is 11.0. The van der Waals surface area contributed by atoms with Crippen molar-refractivity contribution in [2.75, 3.05) is 0 Å². The van der Waals surface area contributed by atoms with Gasteiger partial charge in [0.25, 0.3) is 0 Å². The second-order valence-corrected chi connectivity index (χ2v) is 8.56. The number of carbonyl (C=O) groups excluding carboxylic acids is 1. The van der Waals surface area contributed by atoms with Crippen LogP contribution in [0.3, 0.4) is 0 Å². The van der Waals surface area contributed by atoms with Crippen LogP contribution in [0.1, 0.15) is 57.6 Å². The molecule has 0 atom stereocenters. The number of amides is 1. The molecule has 4 fully saturated rings. The Kier molecular flexibility index (Phi) is 3.91. The number of hydrogen-bond donors (Lipinski definition) is 1. The molecule has 1 N–H and O–H groups in total. The number of rotatable bonds is 5. The van der Waals surface area contributed by atoms with Gasteiger partial charge in [0.15, 0.2) is 0 Å². The number of hydrogen-bond acceptors (Lipinski definition) is 2. The van der Waals surface area contributed by atoms with Crippen molar-refractivity contribution in [3.8, 4) is 0 Å². The van der Waals surface area contributed by atoms with E-state index in [1.165, 1.54) is 38.5 Å². The standard InChI is InChI=1S/C18H26ClN3O/c1-2-22-11-15(19)16(21-22)10-20-17(23)9-18-6-12-3-13(7-18)5-14(4-12)8-18/h11-14H,2-10H2,1H3,(H,20,23). The molecule has 0 aromatic carbocycles. The molecule has 1 amide bonds. The summed E-state index contributed by atoms with van der Waals surface area (Å²) in [5.74, 6) is 2.85. The molecule has 0 radical (unpaired) electrons. The Bertz CT molecular complexity index is 574. The largest absolute Gasteiger partial charge is 0.350 e. The molecule has 4 bridgehead atoms. The zero-order chi connectivity index (χ0) is 16.0. The molecule has 4 aliphatic rings. The Morgan fingerprint density at radius 2 is 1.91 bits per heavy atom. The summed E-state index contributed by atoms with van der Waals surface area (Å²) in [5, 5.41) is 8.09. The highest BCUT2D eigenvalue weighted by Gasteiger charge is 2.51. The van der Waals surface area contributed by atoms with E-state index < -0.39 is 0 Å². The summed E-state index contributed by atoms with van der Waals surface area (Å²) >= 11 is 6.17. The van der Waals surface area contributed by atoms with Crippen LogP contribution in [-0.4, -0.2) is 15.7 Å². The molecule has 4 aliphatic carbocycles. The van der Waals surface area contributed by atoms with Crippen LogP contribution in [0.5, 0.6) is 0 Å². The molecule has 0 unspecified atom stereocenters. The molecule has 0 saturated heterocycles. The Balaban J connectivity index is 1.36. The van der Waals surface area contributed by atoms with Gasteiger partial charge in [-0.1, -0.05) is 11.6 Å². The first-order valence-electron chi connectivity index (χ1n) is 9.04. The van der Waals surface area contributed by atoms with Gasteiger partial charge in [0.1, 0.15) is 5.69 Å². The molecule has 0 spiro atoms. The maximum atomic E-state index is 12.5. The molecule has 4 saturated carbocycles. The lowest BCUT2D eigenvalue weighted by atomic mass is 9.49. The van der Waals surface area contributed by atoms with Crippen LogP contribution in [-0.2, 0) is 17.9 Å². The van der Waals surface area contributed by atoms with Crippen molar-refractivity contribution in [3.63, 3.8) is 0 Å². The molecule has 1 aromatic heterocycles. The van der Waals surface area contributed by atoms with E-state index >= 15 is 0 Å².